The lowest BCUT2D eigenvalue weighted by molar-refractivity contribution is -0.136. The van der Waals surface area contributed by atoms with Gasteiger partial charge in [-0.1, -0.05) is 30.3 Å². The molecule has 1 aromatic rings. The molecular formula is C20H29N3O2. The van der Waals surface area contributed by atoms with E-state index >= 15 is 0 Å². The van der Waals surface area contributed by atoms with Crippen molar-refractivity contribution < 1.29 is 9.59 Å². The van der Waals surface area contributed by atoms with Crippen LogP contribution in [0.15, 0.2) is 30.3 Å². The number of hydrogen-bond donors (Lipinski definition) is 0. The van der Waals surface area contributed by atoms with E-state index in [1.165, 1.54) is 5.56 Å². The fourth-order valence-corrected chi connectivity index (χ4v) is 3.81. The van der Waals surface area contributed by atoms with Crippen molar-refractivity contribution in [2.24, 2.45) is 0 Å². The molecule has 2 aliphatic heterocycles. The summed E-state index contributed by atoms with van der Waals surface area (Å²) >= 11 is 0. The lowest BCUT2D eigenvalue weighted by Gasteiger charge is -2.40. The molecule has 2 amide bonds. The van der Waals surface area contributed by atoms with Crippen LogP contribution in [0.5, 0.6) is 0 Å². The van der Waals surface area contributed by atoms with Crippen LogP contribution in [0.25, 0.3) is 0 Å². The molecule has 2 aliphatic rings. The van der Waals surface area contributed by atoms with Crippen LogP contribution >= 0.6 is 0 Å². The molecule has 1 aromatic carbocycles. The van der Waals surface area contributed by atoms with Gasteiger partial charge in [0, 0.05) is 45.6 Å². The molecule has 2 heterocycles. The van der Waals surface area contributed by atoms with E-state index < -0.39 is 0 Å². The summed E-state index contributed by atoms with van der Waals surface area (Å²) in [6.45, 7) is 4.03. The Morgan fingerprint density at radius 3 is 2.68 bits per heavy atom. The van der Waals surface area contributed by atoms with Gasteiger partial charge in [0.25, 0.3) is 0 Å². The molecule has 0 bridgehead atoms. The highest BCUT2D eigenvalue weighted by Crippen LogP contribution is 2.24. The van der Waals surface area contributed by atoms with Gasteiger partial charge in [-0.05, 0) is 31.9 Å². The maximum Gasteiger partial charge on any atom is 0.222 e. The third-order valence-corrected chi connectivity index (χ3v) is 5.43. The number of carbonyl (C=O) groups excluding carboxylic acids is 2. The van der Waals surface area contributed by atoms with Gasteiger partial charge in [0.1, 0.15) is 0 Å². The zero-order chi connectivity index (χ0) is 17.6. The van der Waals surface area contributed by atoms with Gasteiger partial charge in [-0.2, -0.15) is 0 Å². The first-order valence-corrected chi connectivity index (χ1v) is 9.46. The summed E-state index contributed by atoms with van der Waals surface area (Å²) in [6.07, 6.45) is 4.08. The van der Waals surface area contributed by atoms with Crippen molar-refractivity contribution in [1.82, 2.24) is 14.7 Å². The molecule has 25 heavy (non-hydrogen) atoms. The first kappa shape index (κ1) is 17.9. The number of hydrogen-bond acceptors (Lipinski definition) is 3. The van der Waals surface area contributed by atoms with Crippen LogP contribution in [0.4, 0.5) is 0 Å². The molecule has 0 aliphatic carbocycles. The van der Waals surface area contributed by atoms with Gasteiger partial charge in [-0.3, -0.25) is 14.5 Å². The average molecular weight is 343 g/mol. The molecule has 5 heteroatoms. The Balaban J connectivity index is 1.49. The molecule has 0 saturated carbocycles. The predicted molar refractivity (Wildman–Crippen MR) is 98.1 cm³/mol. The van der Waals surface area contributed by atoms with Crippen LogP contribution in [-0.2, 0) is 9.59 Å². The number of piperidine rings is 1. The molecule has 5 nitrogen and oxygen atoms in total. The van der Waals surface area contributed by atoms with Crippen molar-refractivity contribution in [3.63, 3.8) is 0 Å². The second-order valence-corrected chi connectivity index (χ2v) is 7.19. The monoisotopic (exact) mass is 343 g/mol. The second kappa shape index (κ2) is 8.48. The van der Waals surface area contributed by atoms with E-state index in [0.29, 0.717) is 12.8 Å². The molecule has 2 fully saturated rings. The Hall–Kier alpha value is -1.88. The molecule has 0 radical (unpaired) electrons. The minimum atomic E-state index is 0.221. The van der Waals surface area contributed by atoms with Crippen LogP contribution in [0.2, 0.25) is 0 Å². The van der Waals surface area contributed by atoms with Gasteiger partial charge < -0.3 is 9.80 Å². The van der Waals surface area contributed by atoms with Crippen molar-refractivity contribution in [3.8, 4) is 0 Å². The largest absolute Gasteiger partial charge is 0.343 e. The first-order valence-electron chi connectivity index (χ1n) is 9.46. The number of amides is 2. The number of piperazine rings is 1. The standard InChI is InChI=1S/C20H29N3O2/c1-21-14-15-23(16-18(21)17-8-3-2-4-9-17)20(25)11-7-13-22-12-6-5-10-19(22)24/h2-4,8-9,18H,5-7,10-16H2,1H3/t18-/m0/s1. The van der Waals surface area contributed by atoms with Gasteiger partial charge in [0.05, 0.1) is 6.04 Å². The molecule has 0 aromatic heterocycles. The third kappa shape index (κ3) is 4.60. The van der Waals surface area contributed by atoms with Gasteiger partial charge >= 0.3 is 0 Å². The SMILES string of the molecule is CN1CCN(C(=O)CCCN2CCCCC2=O)C[C@H]1c1ccccc1. The van der Waals surface area contributed by atoms with Gasteiger partial charge in [-0.15, -0.1) is 0 Å². The normalized spacial score (nSPS) is 22.3. The zero-order valence-electron chi connectivity index (χ0n) is 15.2. The number of likely N-dealkylation sites (tertiary alicyclic amines) is 1. The van der Waals surface area contributed by atoms with E-state index in [1.54, 1.807) is 0 Å². The minimum absolute atomic E-state index is 0.221. The quantitative estimate of drug-likeness (QED) is 0.824. The molecule has 0 N–H and O–H groups in total. The third-order valence-electron chi connectivity index (χ3n) is 5.43. The molecule has 3 rings (SSSR count). The lowest BCUT2D eigenvalue weighted by Crippen LogP contribution is -2.49. The smallest absolute Gasteiger partial charge is 0.222 e. The van der Waals surface area contributed by atoms with Crippen LogP contribution in [0.1, 0.15) is 43.7 Å². The Morgan fingerprint density at radius 2 is 1.92 bits per heavy atom. The van der Waals surface area contributed by atoms with E-state index in [9.17, 15) is 9.59 Å². The van der Waals surface area contributed by atoms with E-state index in [-0.39, 0.29) is 17.9 Å². The molecule has 2 saturated heterocycles. The van der Waals surface area contributed by atoms with Crippen molar-refractivity contribution in [2.45, 2.75) is 38.1 Å². The second-order valence-electron chi connectivity index (χ2n) is 7.19. The Labute approximate surface area is 150 Å². The molecule has 136 valence electrons. The van der Waals surface area contributed by atoms with E-state index in [0.717, 1.165) is 52.0 Å². The van der Waals surface area contributed by atoms with Crippen molar-refractivity contribution >= 4 is 11.8 Å². The summed E-state index contributed by atoms with van der Waals surface area (Å²) in [7, 11) is 2.13. The van der Waals surface area contributed by atoms with Gasteiger partial charge in [0.2, 0.25) is 11.8 Å². The van der Waals surface area contributed by atoms with Crippen molar-refractivity contribution in [3.05, 3.63) is 35.9 Å². The molecular weight excluding hydrogens is 314 g/mol. The maximum atomic E-state index is 12.6. The number of rotatable bonds is 5. The number of carbonyl (C=O) groups is 2. The summed E-state index contributed by atoms with van der Waals surface area (Å²) in [4.78, 5) is 30.7. The number of benzene rings is 1. The topological polar surface area (TPSA) is 43.9 Å². The van der Waals surface area contributed by atoms with Gasteiger partial charge in [0.15, 0.2) is 0 Å². The van der Waals surface area contributed by atoms with Crippen molar-refractivity contribution in [1.29, 1.82) is 0 Å². The van der Waals surface area contributed by atoms with Crippen LogP contribution in [0.3, 0.4) is 0 Å². The van der Waals surface area contributed by atoms with E-state index in [2.05, 4.69) is 36.2 Å². The minimum Gasteiger partial charge on any atom is -0.343 e. The zero-order valence-corrected chi connectivity index (χ0v) is 15.2. The predicted octanol–water partition coefficient (Wildman–Crippen LogP) is 2.29. The van der Waals surface area contributed by atoms with E-state index in [1.807, 2.05) is 15.9 Å². The Bertz CT molecular complexity index is 590. The molecule has 0 spiro atoms. The summed E-state index contributed by atoms with van der Waals surface area (Å²) in [5, 5.41) is 0. The Kier molecular flexibility index (Phi) is 6.08. The Morgan fingerprint density at radius 1 is 1.12 bits per heavy atom. The summed E-state index contributed by atoms with van der Waals surface area (Å²) in [6, 6.07) is 10.7. The fourth-order valence-electron chi connectivity index (χ4n) is 3.81. The molecule has 0 unspecified atom stereocenters. The summed E-state index contributed by atoms with van der Waals surface area (Å²) in [5.41, 5.74) is 1.27. The van der Waals surface area contributed by atoms with Crippen LogP contribution in [-0.4, -0.2) is 66.3 Å². The highest BCUT2D eigenvalue weighted by Gasteiger charge is 2.28. The van der Waals surface area contributed by atoms with Crippen LogP contribution < -0.4 is 0 Å². The number of nitrogens with zero attached hydrogens (tertiary/aromatic N) is 3. The highest BCUT2D eigenvalue weighted by molar-refractivity contribution is 5.77. The van der Waals surface area contributed by atoms with Crippen LogP contribution in [0, 0.1) is 0 Å². The van der Waals surface area contributed by atoms with Gasteiger partial charge in [-0.25, -0.2) is 0 Å². The van der Waals surface area contributed by atoms with Crippen molar-refractivity contribution in [2.75, 3.05) is 39.8 Å². The lowest BCUT2D eigenvalue weighted by atomic mass is 10.0. The fraction of sp³-hybridized carbons (Fsp3) is 0.600. The average Bonchev–Trinajstić information content (AvgIpc) is 2.64. The molecule has 1 atom stereocenters. The number of likely N-dealkylation sites (N-methyl/N-ethyl adjacent to an activating group) is 1. The van der Waals surface area contributed by atoms with E-state index in [4.69, 9.17) is 0 Å². The maximum absolute atomic E-state index is 12.6. The summed E-state index contributed by atoms with van der Waals surface area (Å²) in [5.74, 6) is 0.473. The first-order chi connectivity index (χ1) is 12.1. The highest BCUT2D eigenvalue weighted by atomic mass is 16.2. The summed E-state index contributed by atoms with van der Waals surface area (Å²) < 4.78 is 0.